The van der Waals surface area contributed by atoms with Crippen molar-refractivity contribution in [3.63, 3.8) is 0 Å². The van der Waals surface area contributed by atoms with E-state index in [4.69, 9.17) is 39.5 Å². The van der Waals surface area contributed by atoms with Gasteiger partial charge in [-0.2, -0.15) is 15.8 Å². The number of nitrogens with zero attached hydrogens (tertiary/aromatic N) is 14. The molecule has 9 aromatic rings. The van der Waals surface area contributed by atoms with E-state index < -0.39 is 0 Å². The van der Waals surface area contributed by atoms with Gasteiger partial charge in [0.2, 0.25) is 0 Å². The Hall–Kier alpha value is -9.70. The molecule has 3 aliphatic rings. The average Bonchev–Trinajstić information content (AvgIpc) is 0.883. The van der Waals surface area contributed by atoms with Crippen LogP contribution < -0.4 is 36.1 Å². The number of para-hydroxylation sites is 2. The molecule has 0 unspecified atom stereocenters. The maximum Gasteiger partial charge on any atom is 0.271 e. The van der Waals surface area contributed by atoms with Crippen molar-refractivity contribution < 1.29 is 19.1 Å². The number of methoxy groups -OCH3 is 1. The third kappa shape index (κ3) is 15.9. The van der Waals surface area contributed by atoms with E-state index in [0.29, 0.717) is 160 Å². The van der Waals surface area contributed by atoms with E-state index in [1.54, 1.807) is 80.3 Å². The maximum absolute atomic E-state index is 13.4. The van der Waals surface area contributed by atoms with Crippen molar-refractivity contribution in [1.82, 2.24) is 38.2 Å². The van der Waals surface area contributed by atoms with Crippen LogP contribution in [-0.2, 0) is 19.6 Å². The molecule has 0 N–H and O–H groups in total. The molecule has 4 aromatic heterocycles. The minimum Gasteiger partial charge on any atom is -0.497 e. The molecule has 3 fully saturated rings. The zero-order valence-corrected chi connectivity index (χ0v) is 59.5. The highest BCUT2D eigenvalue weighted by atomic mass is 35.5. The quantitative estimate of drug-likeness (QED) is 0.0931. The summed E-state index contributed by atoms with van der Waals surface area (Å²) in [4.78, 5) is 94.7. The summed E-state index contributed by atoms with van der Waals surface area (Å²) in [5.41, 5.74) is 5.00. The average molecular weight is 1410 g/mol. The summed E-state index contributed by atoms with van der Waals surface area (Å²) < 4.78 is 10.2. The van der Waals surface area contributed by atoms with E-state index >= 15 is 0 Å². The van der Waals surface area contributed by atoms with Crippen molar-refractivity contribution in [2.75, 3.05) is 142 Å². The summed E-state index contributed by atoms with van der Waals surface area (Å²) in [5.74, 6) is 0.859. The van der Waals surface area contributed by atoms with Crippen LogP contribution >= 0.6 is 46.1 Å². The van der Waals surface area contributed by atoms with Crippen molar-refractivity contribution >= 4 is 114 Å². The van der Waals surface area contributed by atoms with Gasteiger partial charge in [-0.3, -0.25) is 28.8 Å². The van der Waals surface area contributed by atoms with E-state index in [2.05, 4.69) is 41.9 Å². The Labute approximate surface area is 593 Å². The van der Waals surface area contributed by atoms with Crippen molar-refractivity contribution in [2.24, 2.45) is 5.92 Å². The van der Waals surface area contributed by atoms with Gasteiger partial charge in [-0.15, -0.1) is 11.3 Å². The van der Waals surface area contributed by atoms with Crippen molar-refractivity contribution in [2.45, 2.75) is 33.5 Å². The Kier molecular flexibility index (Phi) is 23.5. The summed E-state index contributed by atoms with van der Waals surface area (Å²) in [5, 5.41) is 35.5. The van der Waals surface area contributed by atoms with Crippen LogP contribution in [0.25, 0.3) is 32.7 Å². The monoisotopic (exact) mass is 1410 g/mol. The summed E-state index contributed by atoms with van der Waals surface area (Å²) in [7, 11) is 9.37. The van der Waals surface area contributed by atoms with Gasteiger partial charge in [0.25, 0.3) is 34.4 Å². The summed E-state index contributed by atoms with van der Waals surface area (Å²) in [6.45, 7) is 13.2. The molecule has 3 saturated heterocycles. The molecule has 3 aliphatic heterocycles. The summed E-state index contributed by atoms with van der Waals surface area (Å²) >= 11 is 19.8. The highest BCUT2D eigenvalue weighted by molar-refractivity contribution is 7.12. The van der Waals surface area contributed by atoms with Gasteiger partial charge in [0.15, 0.2) is 0 Å². The van der Waals surface area contributed by atoms with Gasteiger partial charge < -0.3 is 57.6 Å². The first-order chi connectivity index (χ1) is 47.7. The Bertz CT molecular complexity index is 4800. The fraction of sp³-hybridized carbons (Fsp3) is 0.338. The molecule has 3 amide bonds. The number of hydrogen-bond acceptors (Lipinski definition) is 16. The Morgan fingerprint density at radius 1 is 0.495 bits per heavy atom. The number of carbonyl (C=O) groups is 3. The number of ether oxygens (including phenoxy) is 1. The van der Waals surface area contributed by atoms with Crippen molar-refractivity contribution in [3.8, 4) is 24.0 Å². The minimum absolute atomic E-state index is 0.0354. The third-order valence-electron chi connectivity index (χ3n) is 17.8. The fourth-order valence-electron chi connectivity index (χ4n) is 12.8. The van der Waals surface area contributed by atoms with Crippen LogP contribution in [0.1, 0.15) is 60.9 Å². The number of thiophene rings is 1. The molecule has 12 rings (SSSR count). The molecule has 0 spiro atoms. The number of nitriles is 3. The molecule has 0 radical (unpaired) electrons. The molecule has 0 saturated carbocycles. The standard InChI is InChI=1S/C26H29N5O3.C25H24Cl3N5O2.C23H24N4O2S/c1-28(2)12-17-31-23-7-5-4-6-21(23)24(22(18-27)26(31)33)29-13-15-30(16-14-29)25(32)19-8-10-20(34-3)11-9-19;1-30(2)7-12-33-22-6-4-17(26)14-18(22)23(19(15-29)25(33)35)31-8-10-32(11-9-31)24(34)16-3-5-20(27)21(28)13-16;1-16(2)15-27-19-7-4-3-6-17(19)21(18(14-24)22(27)28)25-9-11-26(12-10-25)23(29)20-8-5-13-30-20/h4-11H,12-17H2,1-3H3;3-6,13-14H,7-12H2,1-2H3;3-8,13,16H,9-12,15H2,1-2H3. The smallest absolute Gasteiger partial charge is 0.271 e. The van der Waals surface area contributed by atoms with Crippen molar-refractivity contribution in [1.29, 1.82) is 15.8 Å². The molecule has 7 heterocycles. The van der Waals surface area contributed by atoms with E-state index in [9.17, 15) is 44.6 Å². The maximum atomic E-state index is 13.4. The van der Waals surface area contributed by atoms with Crippen molar-refractivity contribution in [3.05, 3.63) is 206 Å². The lowest BCUT2D eigenvalue weighted by atomic mass is 10.1. The number of benzene rings is 5. The van der Waals surface area contributed by atoms with Gasteiger partial charge in [0.1, 0.15) is 40.6 Å². The topological polar surface area (TPSA) is 224 Å². The highest BCUT2D eigenvalue weighted by Crippen LogP contribution is 2.35. The molecule has 0 aliphatic carbocycles. The second-order valence-corrected chi connectivity index (χ2v) is 27.4. The first-order valence-electron chi connectivity index (χ1n) is 32.6. The number of likely N-dealkylation sites (N-methyl/N-ethyl adjacent to an activating group) is 2. The van der Waals surface area contributed by atoms with Crippen LogP contribution in [0.2, 0.25) is 15.1 Å². The predicted octanol–water partition coefficient (Wildman–Crippen LogP) is 10.3. The zero-order valence-electron chi connectivity index (χ0n) is 56.4. The minimum atomic E-state index is -0.325. The van der Waals surface area contributed by atoms with Gasteiger partial charge in [0.05, 0.1) is 55.6 Å². The lowest BCUT2D eigenvalue weighted by Gasteiger charge is -2.37. The van der Waals surface area contributed by atoms with Gasteiger partial charge in [-0.25, -0.2) is 0 Å². The molecule has 0 atom stereocenters. The molecule has 512 valence electrons. The van der Waals surface area contributed by atoms with E-state index in [1.165, 1.54) is 11.3 Å². The number of amides is 3. The number of carbonyl (C=O) groups excluding carboxylic acids is 3. The van der Waals surface area contributed by atoms with Crippen LogP contribution in [0.5, 0.6) is 5.75 Å². The second kappa shape index (κ2) is 32.3. The number of anilines is 3. The third-order valence-corrected chi connectivity index (χ3v) is 19.6. The largest absolute Gasteiger partial charge is 0.497 e. The highest BCUT2D eigenvalue weighted by Gasteiger charge is 2.32. The Balaban J connectivity index is 0.000000161. The van der Waals surface area contributed by atoms with Gasteiger partial charge >= 0.3 is 0 Å². The van der Waals surface area contributed by atoms with Crippen LogP contribution in [0.3, 0.4) is 0 Å². The number of halogens is 3. The lowest BCUT2D eigenvalue weighted by molar-refractivity contribution is 0.0739. The van der Waals surface area contributed by atoms with Gasteiger partial charge in [-0.05, 0) is 118 Å². The zero-order chi connectivity index (χ0) is 70.8. The Morgan fingerprint density at radius 2 is 0.919 bits per heavy atom. The van der Waals surface area contributed by atoms with Crippen LogP contribution in [0.4, 0.5) is 17.1 Å². The normalized spacial score (nSPS) is 14.0. The number of pyridine rings is 3. The van der Waals surface area contributed by atoms with Gasteiger partial charge in [0, 0.05) is 144 Å². The summed E-state index contributed by atoms with van der Waals surface area (Å²) in [6, 6.07) is 43.0. The molecule has 25 heteroatoms. The van der Waals surface area contributed by atoms with E-state index in [1.807, 2.05) is 125 Å². The number of fused-ring (bicyclic) bond motifs is 3. The van der Waals surface area contributed by atoms with Crippen LogP contribution in [0, 0.1) is 39.9 Å². The molecular formula is C74H77Cl3N14O7S. The van der Waals surface area contributed by atoms with Crippen LogP contribution in [-0.4, -0.2) is 183 Å². The number of piperazine rings is 3. The second-order valence-electron chi connectivity index (χ2n) is 25.2. The molecule has 99 heavy (non-hydrogen) atoms. The van der Waals surface area contributed by atoms with E-state index in [0.717, 1.165) is 37.6 Å². The van der Waals surface area contributed by atoms with Crippen LogP contribution in [0.15, 0.2) is 141 Å². The lowest BCUT2D eigenvalue weighted by Crippen LogP contribution is -2.49. The number of hydrogen-bond donors (Lipinski definition) is 0. The van der Waals surface area contributed by atoms with Gasteiger partial charge in [-0.1, -0.05) is 91.1 Å². The SMILES string of the molecule is CC(C)Cn1c(=O)c(C#N)c(N2CCN(C(=O)c3cccs3)CC2)c2ccccc21.CN(C)CCn1c(=O)c(C#N)c(N2CCN(C(=O)c3ccc(Cl)c(Cl)c3)CC2)c2cc(Cl)ccc21.COc1ccc(C(=O)N2CCN(c3c(C#N)c(=O)n(CCN(C)C)c4ccccc34)CC2)cc1. The van der Waals surface area contributed by atoms with E-state index in [-0.39, 0.29) is 57.0 Å². The fourth-order valence-corrected chi connectivity index (χ4v) is 13.9. The first kappa shape index (κ1) is 72.1. The molecule has 0 bridgehead atoms. The molecule has 5 aromatic carbocycles. The Morgan fingerprint density at radius 3 is 1.35 bits per heavy atom. The predicted molar refractivity (Wildman–Crippen MR) is 394 cm³/mol. The summed E-state index contributed by atoms with van der Waals surface area (Å²) in [6.07, 6.45) is 0. The first-order valence-corrected chi connectivity index (χ1v) is 34.6. The number of rotatable bonds is 15. The number of aromatic nitrogens is 3. The molecular weight excluding hydrogens is 1340 g/mol. The molecule has 21 nitrogen and oxygen atoms in total.